The van der Waals surface area contributed by atoms with E-state index in [0.717, 1.165) is 27.5 Å². The van der Waals surface area contributed by atoms with Gasteiger partial charge in [0.15, 0.2) is 11.5 Å². The number of rotatable bonds is 6. The molecule has 2 saturated carbocycles. The molecule has 7 nitrogen and oxygen atoms in total. The van der Waals surface area contributed by atoms with Crippen LogP contribution >= 0.6 is 46.3 Å². The van der Waals surface area contributed by atoms with Gasteiger partial charge in [-0.05, 0) is 78.3 Å². The predicted octanol–water partition coefficient (Wildman–Crippen LogP) is 7.15. The third-order valence-corrected chi connectivity index (χ3v) is 12.9. The zero-order valence-electron chi connectivity index (χ0n) is 23.7. The van der Waals surface area contributed by atoms with Crippen LogP contribution in [0.15, 0.2) is 70.5 Å². The number of benzene rings is 3. The molecule has 12 heteroatoms. The first-order valence-corrected chi connectivity index (χ1v) is 17.0. The Labute approximate surface area is 275 Å². The van der Waals surface area contributed by atoms with E-state index >= 15 is 0 Å². The summed E-state index contributed by atoms with van der Waals surface area (Å²) < 4.78 is 25.5. The van der Waals surface area contributed by atoms with Gasteiger partial charge < -0.3 is 14.5 Å². The second-order valence-corrected chi connectivity index (χ2v) is 14.9. The van der Waals surface area contributed by atoms with E-state index in [4.69, 9.17) is 32.7 Å². The van der Waals surface area contributed by atoms with E-state index in [1.54, 1.807) is 31.0 Å². The molecule has 45 heavy (non-hydrogen) atoms. The number of nitrogens with one attached hydrogen (secondary N) is 1. The first kappa shape index (κ1) is 29.1. The van der Waals surface area contributed by atoms with Crippen LogP contribution in [-0.2, 0) is 16.2 Å². The largest absolute Gasteiger partial charge is 0.493 e. The summed E-state index contributed by atoms with van der Waals surface area (Å²) in [7, 11) is 1.58. The third kappa shape index (κ3) is 4.55. The molecule has 2 aliphatic carbocycles. The Morgan fingerprint density at radius 3 is 2.44 bits per heavy atom. The number of hydrogen-bond acceptors (Lipinski definition) is 7. The minimum Gasteiger partial charge on any atom is -0.493 e. The highest BCUT2D eigenvalue weighted by atomic mass is 35.5. The molecule has 8 rings (SSSR count). The maximum atomic E-state index is 13.9. The quantitative estimate of drug-likeness (QED) is 0.217. The lowest BCUT2D eigenvalue weighted by molar-refractivity contribution is -0.123. The zero-order valence-corrected chi connectivity index (χ0v) is 26.8. The van der Waals surface area contributed by atoms with Crippen LogP contribution in [0.1, 0.15) is 28.3 Å². The summed E-state index contributed by atoms with van der Waals surface area (Å²) in [6, 6.07) is 16.5. The van der Waals surface area contributed by atoms with E-state index in [1.165, 1.54) is 40.5 Å². The van der Waals surface area contributed by atoms with Crippen LogP contribution in [0, 0.1) is 35.4 Å². The van der Waals surface area contributed by atoms with E-state index in [0.29, 0.717) is 27.2 Å². The van der Waals surface area contributed by atoms with Gasteiger partial charge in [0, 0.05) is 31.7 Å². The fraction of sp³-hybridized carbons (Fsp3) is 0.303. The number of carbonyl (C=O) groups excluding carboxylic acids is 2. The van der Waals surface area contributed by atoms with Gasteiger partial charge in [0.05, 0.1) is 29.7 Å². The van der Waals surface area contributed by atoms with Gasteiger partial charge in [0.25, 0.3) is 0 Å². The molecule has 3 fully saturated rings. The van der Waals surface area contributed by atoms with Crippen molar-refractivity contribution in [1.82, 2.24) is 4.98 Å². The van der Waals surface area contributed by atoms with E-state index in [1.807, 2.05) is 24.3 Å². The topological polar surface area (TPSA) is 88.7 Å². The molecule has 1 saturated heterocycles. The van der Waals surface area contributed by atoms with Crippen molar-refractivity contribution < 1.29 is 23.5 Å². The number of hydrogen-bond donors (Lipinski definition) is 1. The number of ether oxygens (including phenoxy) is 2. The smallest absolute Gasteiger partial charge is 0.305 e. The molecular weight excluding hydrogens is 658 g/mol. The fourth-order valence-electron chi connectivity index (χ4n) is 8.03. The van der Waals surface area contributed by atoms with Crippen molar-refractivity contribution in [3.8, 4) is 11.5 Å². The molecule has 0 unspecified atom stereocenters. The number of thiazole rings is 1. The molecule has 4 aromatic rings. The number of nitrogens with zero attached hydrogens (tertiary/aromatic N) is 1. The van der Waals surface area contributed by atoms with Crippen molar-refractivity contribution in [2.75, 3.05) is 12.0 Å². The minimum atomic E-state index is -0.456. The predicted molar refractivity (Wildman–Crippen MR) is 171 cm³/mol. The van der Waals surface area contributed by atoms with Crippen molar-refractivity contribution in [1.29, 1.82) is 0 Å². The van der Waals surface area contributed by atoms with Gasteiger partial charge in [-0.25, -0.2) is 4.39 Å². The highest BCUT2D eigenvalue weighted by Gasteiger charge is 2.69. The number of fused-ring (bicyclic) bond motifs is 9. The number of amides is 2. The summed E-state index contributed by atoms with van der Waals surface area (Å²) in [6.07, 6.45) is 0.766. The lowest BCUT2D eigenvalue weighted by Gasteiger charge is -2.43. The number of anilines is 1. The average molecular weight is 684 g/mol. The van der Waals surface area contributed by atoms with Gasteiger partial charge in [0.1, 0.15) is 12.4 Å². The van der Waals surface area contributed by atoms with Crippen molar-refractivity contribution in [3.63, 3.8) is 0 Å². The van der Waals surface area contributed by atoms with Crippen molar-refractivity contribution >= 4 is 63.8 Å². The van der Waals surface area contributed by atoms with Crippen LogP contribution < -0.4 is 19.2 Å². The fourth-order valence-corrected chi connectivity index (χ4v) is 11.4. The summed E-state index contributed by atoms with van der Waals surface area (Å²) >= 11 is 15.2. The molecule has 7 atom stereocenters. The van der Waals surface area contributed by atoms with Gasteiger partial charge in [-0.1, -0.05) is 46.7 Å². The second-order valence-electron chi connectivity index (χ2n) is 11.9. The summed E-state index contributed by atoms with van der Waals surface area (Å²) in [6.45, 7) is 0.216. The molecular formula is C33H25Cl2FN2O5S2. The molecule has 1 N–H and O–H groups in total. The Hall–Kier alpha value is -3.31. The van der Waals surface area contributed by atoms with Crippen molar-refractivity contribution in [2.24, 2.45) is 29.6 Å². The molecule has 4 aliphatic rings. The second kappa shape index (κ2) is 10.9. The maximum Gasteiger partial charge on any atom is 0.305 e. The first-order chi connectivity index (χ1) is 21.7. The van der Waals surface area contributed by atoms with Crippen LogP contribution in [0.4, 0.5) is 10.1 Å². The number of aromatic amines is 1. The van der Waals surface area contributed by atoms with Gasteiger partial charge in [0.2, 0.25) is 11.8 Å². The lowest BCUT2D eigenvalue weighted by atomic mass is 9.68. The van der Waals surface area contributed by atoms with Gasteiger partial charge in [-0.3, -0.25) is 19.3 Å². The highest BCUT2D eigenvalue weighted by Crippen LogP contribution is 2.68. The number of H-pyrrole nitrogens is 1. The summed E-state index contributed by atoms with van der Waals surface area (Å²) in [5.41, 5.74) is 2.13. The van der Waals surface area contributed by atoms with E-state index in [2.05, 4.69) is 4.98 Å². The van der Waals surface area contributed by atoms with Crippen molar-refractivity contribution in [2.45, 2.75) is 29.2 Å². The molecule has 230 valence electrons. The molecule has 3 heterocycles. The Kier molecular flexibility index (Phi) is 7.05. The van der Waals surface area contributed by atoms with Crippen LogP contribution in [0.5, 0.6) is 11.5 Å². The Balaban J connectivity index is 1.14. The van der Waals surface area contributed by atoms with E-state index < -0.39 is 17.7 Å². The molecule has 2 aliphatic heterocycles. The molecule has 2 bridgehead atoms. The van der Waals surface area contributed by atoms with Gasteiger partial charge >= 0.3 is 4.87 Å². The number of imide groups is 1. The Bertz CT molecular complexity index is 1930. The summed E-state index contributed by atoms with van der Waals surface area (Å²) in [5, 5.41) is 1.91. The Morgan fingerprint density at radius 1 is 0.956 bits per heavy atom. The highest BCUT2D eigenvalue weighted by molar-refractivity contribution is 8.00. The maximum absolute atomic E-state index is 13.9. The molecule has 2 amide bonds. The van der Waals surface area contributed by atoms with Crippen molar-refractivity contribution in [3.05, 3.63) is 102 Å². The zero-order chi connectivity index (χ0) is 31.1. The molecule has 1 aromatic heterocycles. The van der Waals surface area contributed by atoms with Gasteiger partial charge in [-0.15, -0.1) is 11.8 Å². The number of methoxy groups -OCH3 is 1. The molecule has 0 radical (unpaired) electrons. The van der Waals surface area contributed by atoms with Crippen LogP contribution in [-0.4, -0.2) is 29.2 Å². The monoisotopic (exact) mass is 682 g/mol. The number of thioether (sulfide) groups is 1. The van der Waals surface area contributed by atoms with Crippen LogP contribution in [0.2, 0.25) is 10.0 Å². The Morgan fingerprint density at radius 2 is 1.71 bits per heavy atom. The minimum absolute atomic E-state index is 0.0227. The number of halogens is 3. The standard InChI is InChI=1S/C33H25Cl2FN2O5S2/c1-42-23-10-14(3-9-22(23)43-13-15-2-4-16(34)11-21(15)35)24-25-19-12-20(28(25)44-30-29(24)45-33(41)37-30)27-26(19)31(39)38(32(27)40)18-7-5-17(36)6-8-18/h2-11,19-20,24-28H,12-13H2,1H3,(H,37,41)/t19-,20-,24+,25+,26+,27+,28-/m1/s1. The average Bonchev–Trinajstić information content (AvgIpc) is 3.76. The van der Waals surface area contributed by atoms with E-state index in [9.17, 15) is 18.8 Å². The van der Waals surface area contributed by atoms with Crippen LogP contribution in [0.3, 0.4) is 0 Å². The SMILES string of the molecule is COc1cc([C@@H]2c3sc(=O)[nH]c3S[C@@H]3[C@@H]4C[C@@H]([C@@H]5C(=O)N(c6ccc(F)cc6)C(=O)[C@@H]45)[C@@H]23)ccc1OCc1ccc(Cl)cc1Cl. The summed E-state index contributed by atoms with van der Waals surface area (Å²) in [5.74, 6) is -0.908. The summed E-state index contributed by atoms with van der Waals surface area (Å²) in [4.78, 5) is 45.4. The van der Waals surface area contributed by atoms with Crippen LogP contribution in [0.25, 0.3) is 0 Å². The number of carbonyl (C=O) groups is 2. The normalized spacial score (nSPS) is 27.8. The van der Waals surface area contributed by atoms with E-state index in [-0.39, 0.29) is 52.2 Å². The lowest BCUT2D eigenvalue weighted by Crippen LogP contribution is -2.42. The number of aromatic nitrogens is 1. The third-order valence-electron chi connectivity index (χ3n) is 9.75. The first-order valence-electron chi connectivity index (χ1n) is 14.5. The van der Waals surface area contributed by atoms with Gasteiger partial charge in [-0.2, -0.15) is 0 Å². The molecule has 3 aromatic carbocycles. The molecule has 0 spiro atoms.